The summed E-state index contributed by atoms with van der Waals surface area (Å²) in [7, 11) is -0.837. The largest absolute Gasteiger partial charge is 0.345 e. The van der Waals surface area contributed by atoms with Gasteiger partial charge in [0.2, 0.25) is 0 Å². The number of amides is 1. The lowest BCUT2D eigenvalue weighted by atomic mass is 10.2. The van der Waals surface area contributed by atoms with Gasteiger partial charge in [-0.05, 0) is 36.4 Å². The molecule has 2 rings (SSSR count). The molecule has 0 saturated carbocycles. The number of nitrogens with zero attached hydrogens (tertiary/aromatic N) is 2. The molecule has 0 bridgehead atoms. The lowest BCUT2D eigenvalue weighted by molar-refractivity contribution is -0.384. The quantitative estimate of drug-likeness (QED) is 0.630. The Bertz CT molecular complexity index is 927. The standard InChI is InChI=1S/C15H14ClN3O5S/c1-18(2)15(20)10-3-5-11(6-4-10)17-25(23,24)12-7-8-13(16)14(9-12)19(21)22/h3-9,17H,1-2H3. The van der Waals surface area contributed by atoms with Crippen molar-refractivity contribution in [2.75, 3.05) is 18.8 Å². The summed E-state index contributed by atoms with van der Waals surface area (Å²) in [5.41, 5.74) is 0.111. The molecular formula is C15H14ClN3O5S. The molecule has 1 N–H and O–H groups in total. The zero-order chi connectivity index (χ0) is 18.8. The van der Waals surface area contributed by atoms with Crippen LogP contribution in [0.1, 0.15) is 10.4 Å². The second-order valence-electron chi connectivity index (χ2n) is 5.25. The van der Waals surface area contributed by atoms with Crippen LogP contribution in [0.25, 0.3) is 0 Å². The lowest BCUT2D eigenvalue weighted by Gasteiger charge is -2.11. The minimum absolute atomic E-state index is 0.157. The Morgan fingerprint density at radius 1 is 1.16 bits per heavy atom. The van der Waals surface area contributed by atoms with Crippen LogP contribution in [0.15, 0.2) is 47.4 Å². The van der Waals surface area contributed by atoms with E-state index in [2.05, 4.69) is 4.72 Å². The molecule has 0 fully saturated rings. The summed E-state index contributed by atoms with van der Waals surface area (Å²) in [6.45, 7) is 0. The number of rotatable bonds is 5. The van der Waals surface area contributed by atoms with Crippen molar-refractivity contribution in [3.05, 3.63) is 63.2 Å². The fourth-order valence-electron chi connectivity index (χ4n) is 1.95. The van der Waals surface area contributed by atoms with E-state index >= 15 is 0 Å². The van der Waals surface area contributed by atoms with Gasteiger partial charge in [-0.2, -0.15) is 0 Å². The highest BCUT2D eigenvalue weighted by Gasteiger charge is 2.21. The van der Waals surface area contributed by atoms with E-state index in [0.29, 0.717) is 5.56 Å². The van der Waals surface area contributed by atoms with Crippen molar-refractivity contribution in [3.63, 3.8) is 0 Å². The number of carbonyl (C=O) groups is 1. The first-order chi connectivity index (χ1) is 11.6. The predicted octanol–water partition coefficient (Wildman–Crippen LogP) is 2.75. The first-order valence-corrected chi connectivity index (χ1v) is 8.76. The van der Waals surface area contributed by atoms with Crippen LogP contribution >= 0.6 is 11.6 Å². The number of benzene rings is 2. The number of halogens is 1. The monoisotopic (exact) mass is 383 g/mol. The van der Waals surface area contributed by atoms with E-state index < -0.39 is 20.6 Å². The molecular weight excluding hydrogens is 370 g/mol. The molecule has 0 aromatic heterocycles. The van der Waals surface area contributed by atoms with Crippen LogP contribution in [-0.2, 0) is 10.0 Å². The van der Waals surface area contributed by atoms with E-state index in [-0.39, 0.29) is 21.5 Å². The first-order valence-electron chi connectivity index (χ1n) is 6.90. The number of hydrogen-bond acceptors (Lipinski definition) is 5. The molecule has 25 heavy (non-hydrogen) atoms. The van der Waals surface area contributed by atoms with Gasteiger partial charge in [0.15, 0.2) is 0 Å². The maximum Gasteiger partial charge on any atom is 0.289 e. The fourth-order valence-corrected chi connectivity index (χ4v) is 3.22. The molecule has 1 amide bonds. The van der Waals surface area contributed by atoms with E-state index in [1.54, 1.807) is 14.1 Å². The Morgan fingerprint density at radius 3 is 2.28 bits per heavy atom. The van der Waals surface area contributed by atoms with Gasteiger partial charge in [-0.1, -0.05) is 11.6 Å². The summed E-state index contributed by atoms with van der Waals surface area (Å²) >= 11 is 5.68. The molecule has 0 heterocycles. The van der Waals surface area contributed by atoms with E-state index in [1.807, 2.05) is 0 Å². The Hall–Kier alpha value is -2.65. The van der Waals surface area contributed by atoms with Gasteiger partial charge in [0, 0.05) is 31.4 Å². The molecule has 0 aliphatic heterocycles. The molecule has 2 aromatic carbocycles. The van der Waals surface area contributed by atoms with Crippen molar-refractivity contribution < 1.29 is 18.1 Å². The molecule has 0 atom stereocenters. The van der Waals surface area contributed by atoms with Crippen molar-refractivity contribution in [1.82, 2.24) is 4.90 Å². The highest BCUT2D eigenvalue weighted by molar-refractivity contribution is 7.92. The van der Waals surface area contributed by atoms with Crippen molar-refractivity contribution in [3.8, 4) is 0 Å². The van der Waals surface area contributed by atoms with E-state index in [9.17, 15) is 23.3 Å². The first kappa shape index (κ1) is 18.7. The summed E-state index contributed by atoms with van der Waals surface area (Å²) in [5, 5.41) is 10.7. The molecule has 0 saturated heterocycles. The SMILES string of the molecule is CN(C)C(=O)c1ccc(NS(=O)(=O)c2ccc(Cl)c([N+](=O)[O-])c2)cc1. The highest BCUT2D eigenvalue weighted by Crippen LogP contribution is 2.28. The Kier molecular flexibility index (Phi) is 5.29. The summed E-state index contributed by atoms with van der Waals surface area (Å²) in [5.74, 6) is -0.220. The van der Waals surface area contributed by atoms with Crippen molar-refractivity contribution in [1.29, 1.82) is 0 Å². The van der Waals surface area contributed by atoms with Crippen LogP contribution < -0.4 is 4.72 Å². The van der Waals surface area contributed by atoms with Gasteiger partial charge in [-0.15, -0.1) is 0 Å². The number of sulfonamides is 1. The van der Waals surface area contributed by atoms with Gasteiger partial charge in [0.05, 0.1) is 9.82 Å². The van der Waals surface area contributed by atoms with Crippen LogP contribution in [0.4, 0.5) is 11.4 Å². The van der Waals surface area contributed by atoms with Gasteiger partial charge < -0.3 is 4.90 Å². The predicted molar refractivity (Wildman–Crippen MR) is 93.4 cm³/mol. The second kappa shape index (κ2) is 7.08. The lowest BCUT2D eigenvalue weighted by Crippen LogP contribution is -2.21. The minimum Gasteiger partial charge on any atom is -0.345 e. The highest BCUT2D eigenvalue weighted by atomic mass is 35.5. The third kappa shape index (κ3) is 4.25. The van der Waals surface area contributed by atoms with Crippen LogP contribution in [0, 0.1) is 10.1 Å². The number of nitro groups is 1. The van der Waals surface area contributed by atoms with E-state index in [1.165, 1.54) is 35.2 Å². The third-order valence-corrected chi connectivity index (χ3v) is 4.91. The third-order valence-electron chi connectivity index (χ3n) is 3.21. The van der Waals surface area contributed by atoms with E-state index in [4.69, 9.17) is 11.6 Å². The van der Waals surface area contributed by atoms with Gasteiger partial charge in [0.1, 0.15) is 5.02 Å². The molecule has 0 radical (unpaired) electrons. The van der Waals surface area contributed by atoms with Crippen molar-refractivity contribution >= 4 is 38.9 Å². The summed E-state index contributed by atoms with van der Waals surface area (Å²) in [6, 6.07) is 9.01. The van der Waals surface area contributed by atoms with Crippen LogP contribution in [0.2, 0.25) is 5.02 Å². The zero-order valence-electron chi connectivity index (χ0n) is 13.3. The Labute approximate surface area is 149 Å². The van der Waals surface area contributed by atoms with Gasteiger partial charge in [0.25, 0.3) is 21.6 Å². The van der Waals surface area contributed by atoms with Crippen molar-refractivity contribution in [2.24, 2.45) is 0 Å². The number of carbonyl (C=O) groups excluding carboxylic acids is 1. The second-order valence-corrected chi connectivity index (χ2v) is 7.34. The summed E-state index contributed by atoms with van der Waals surface area (Å²) in [6.07, 6.45) is 0. The van der Waals surface area contributed by atoms with Crippen LogP contribution in [-0.4, -0.2) is 38.2 Å². The minimum atomic E-state index is -4.04. The Morgan fingerprint density at radius 2 is 1.76 bits per heavy atom. The molecule has 0 spiro atoms. The number of nitro benzene ring substituents is 1. The average Bonchev–Trinajstić information content (AvgIpc) is 2.54. The average molecular weight is 384 g/mol. The normalized spacial score (nSPS) is 11.0. The van der Waals surface area contributed by atoms with Crippen molar-refractivity contribution in [2.45, 2.75) is 4.90 Å². The number of hydrogen-bond donors (Lipinski definition) is 1. The fraction of sp³-hybridized carbons (Fsp3) is 0.133. The van der Waals surface area contributed by atoms with E-state index in [0.717, 1.165) is 12.1 Å². The zero-order valence-corrected chi connectivity index (χ0v) is 14.8. The van der Waals surface area contributed by atoms with Crippen LogP contribution in [0.3, 0.4) is 0 Å². The van der Waals surface area contributed by atoms with Gasteiger partial charge in [-0.3, -0.25) is 19.6 Å². The number of nitrogens with one attached hydrogen (secondary N) is 1. The summed E-state index contributed by atoms with van der Waals surface area (Å²) in [4.78, 5) is 23.0. The molecule has 0 aliphatic carbocycles. The topological polar surface area (TPSA) is 110 Å². The smallest absolute Gasteiger partial charge is 0.289 e. The molecule has 8 nitrogen and oxygen atoms in total. The maximum absolute atomic E-state index is 12.4. The van der Waals surface area contributed by atoms with Gasteiger partial charge >= 0.3 is 0 Å². The molecule has 10 heteroatoms. The van der Waals surface area contributed by atoms with Gasteiger partial charge in [-0.25, -0.2) is 8.42 Å². The molecule has 0 unspecified atom stereocenters. The van der Waals surface area contributed by atoms with Crippen LogP contribution in [0.5, 0.6) is 0 Å². The number of anilines is 1. The Balaban J connectivity index is 2.29. The molecule has 132 valence electrons. The molecule has 2 aromatic rings. The molecule has 0 aliphatic rings. The maximum atomic E-state index is 12.4. The summed E-state index contributed by atoms with van der Waals surface area (Å²) < 4.78 is 27.0.